The van der Waals surface area contributed by atoms with E-state index in [0.29, 0.717) is 28.0 Å². The van der Waals surface area contributed by atoms with E-state index in [4.69, 9.17) is 4.74 Å². The van der Waals surface area contributed by atoms with E-state index < -0.39 is 5.92 Å². The molecule has 0 spiro atoms. The number of fused-ring (bicyclic) bond motifs is 3. The van der Waals surface area contributed by atoms with Crippen molar-refractivity contribution in [3.8, 4) is 17.6 Å². The number of carbonyl (C=O) groups excluding carboxylic acids is 1. The zero-order valence-corrected chi connectivity index (χ0v) is 16.9. The molecule has 144 valence electrons. The maximum atomic E-state index is 13.5. The highest BCUT2D eigenvalue weighted by molar-refractivity contribution is 7.16. The number of thiophene rings is 1. The van der Waals surface area contributed by atoms with Crippen molar-refractivity contribution < 1.29 is 9.53 Å². The predicted molar refractivity (Wildman–Crippen MR) is 114 cm³/mol. The van der Waals surface area contributed by atoms with Gasteiger partial charge in [0.25, 0.3) is 0 Å². The number of benzene rings is 2. The number of para-hydroxylation sites is 2. The molecule has 1 aromatic heterocycles. The van der Waals surface area contributed by atoms with E-state index in [9.17, 15) is 10.1 Å². The second-order valence-corrected chi connectivity index (χ2v) is 8.87. The van der Waals surface area contributed by atoms with Crippen LogP contribution >= 0.6 is 11.3 Å². The van der Waals surface area contributed by atoms with Crippen LogP contribution in [0, 0.1) is 17.2 Å². The summed E-state index contributed by atoms with van der Waals surface area (Å²) in [5.41, 5.74) is 3.45. The Balaban J connectivity index is 1.54. The first kappa shape index (κ1) is 18.0. The summed E-state index contributed by atoms with van der Waals surface area (Å²) in [5, 5.41) is 13.5. The van der Waals surface area contributed by atoms with Crippen LogP contribution in [0.15, 0.2) is 48.5 Å². The molecule has 0 saturated carbocycles. The maximum Gasteiger partial charge on any atom is 0.237 e. The highest BCUT2D eigenvalue weighted by atomic mass is 32.1. The lowest BCUT2D eigenvalue weighted by molar-refractivity contribution is -0.116. The summed E-state index contributed by atoms with van der Waals surface area (Å²) >= 11 is 1.56. The lowest BCUT2D eigenvalue weighted by atomic mass is 9.87. The normalized spacial score (nSPS) is 17.3. The topological polar surface area (TPSA) is 62.1 Å². The highest BCUT2D eigenvalue weighted by Crippen LogP contribution is 2.45. The van der Waals surface area contributed by atoms with E-state index in [2.05, 4.69) is 18.3 Å². The minimum atomic E-state index is -0.472. The van der Waals surface area contributed by atoms with E-state index in [1.165, 1.54) is 4.88 Å². The molecule has 1 aliphatic heterocycles. The van der Waals surface area contributed by atoms with Crippen molar-refractivity contribution in [2.75, 3.05) is 5.32 Å². The lowest BCUT2D eigenvalue weighted by Crippen LogP contribution is -2.25. The third-order valence-electron chi connectivity index (χ3n) is 5.80. The molecule has 0 saturated heterocycles. The molecule has 0 radical (unpaired) electrons. The molecule has 0 fully saturated rings. The summed E-state index contributed by atoms with van der Waals surface area (Å²) in [6, 6.07) is 17.6. The van der Waals surface area contributed by atoms with E-state index in [1.807, 2.05) is 48.5 Å². The van der Waals surface area contributed by atoms with Gasteiger partial charge in [-0.2, -0.15) is 5.26 Å². The summed E-state index contributed by atoms with van der Waals surface area (Å²) in [4.78, 5) is 14.7. The zero-order valence-electron chi connectivity index (χ0n) is 16.1. The Kier molecular flexibility index (Phi) is 4.37. The van der Waals surface area contributed by atoms with Gasteiger partial charge in [0.2, 0.25) is 5.91 Å². The molecule has 1 N–H and O–H groups in total. The molecule has 0 bridgehead atoms. The van der Waals surface area contributed by atoms with Gasteiger partial charge in [0.1, 0.15) is 22.6 Å². The summed E-state index contributed by atoms with van der Waals surface area (Å²) in [6.07, 6.45) is 2.98. The van der Waals surface area contributed by atoms with Gasteiger partial charge in [0.05, 0.1) is 11.5 Å². The Labute approximate surface area is 173 Å². The fourth-order valence-corrected chi connectivity index (χ4v) is 5.70. The molecule has 2 heterocycles. The van der Waals surface area contributed by atoms with Crippen molar-refractivity contribution in [2.24, 2.45) is 5.92 Å². The van der Waals surface area contributed by atoms with Gasteiger partial charge in [-0.15, -0.1) is 11.3 Å². The molecule has 1 aliphatic carbocycles. The van der Waals surface area contributed by atoms with E-state index in [1.54, 1.807) is 11.3 Å². The van der Waals surface area contributed by atoms with Crippen LogP contribution in [0.25, 0.3) is 0 Å². The first-order valence-electron chi connectivity index (χ1n) is 9.87. The fourth-order valence-electron chi connectivity index (χ4n) is 4.33. The monoisotopic (exact) mass is 400 g/mol. The maximum absolute atomic E-state index is 13.5. The number of nitriles is 1. The lowest BCUT2D eigenvalue weighted by Gasteiger charge is -2.27. The van der Waals surface area contributed by atoms with Crippen molar-refractivity contribution in [1.29, 1.82) is 5.26 Å². The van der Waals surface area contributed by atoms with Crippen LogP contribution in [0.5, 0.6) is 11.5 Å². The average Bonchev–Trinajstić information content (AvgIpc) is 3.07. The third-order valence-corrected chi connectivity index (χ3v) is 6.97. The first-order valence-corrected chi connectivity index (χ1v) is 10.7. The van der Waals surface area contributed by atoms with Crippen LogP contribution in [0.4, 0.5) is 5.00 Å². The molecule has 4 nitrogen and oxygen atoms in total. The average molecular weight is 401 g/mol. The minimum absolute atomic E-state index is 0.128. The van der Waals surface area contributed by atoms with Gasteiger partial charge >= 0.3 is 0 Å². The van der Waals surface area contributed by atoms with Crippen molar-refractivity contribution >= 4 is 22.2 Å². The van der Waals surface area contributed by atoms with Gasteiger partial charge < -0.3 is 10.1 Å². The number of nitrogens with one attached hydrogen (secondary N) is 1. The van der Waals surface area contributed by atoms with Gasteiger partial charge in [-0.1, -0.05) is 43.3 Å². The Morgan fingerprint density at radius 3 is 2.45 bits per heavy atom. The number of nitrogens with zero attached hydrogens (tertiary/aromatic N) is 1. The van der Waals surface area contributed by atoms with Crippen molar-refractivity contribution in [3.63, 3.8) is 0 Å². The van der Waals surface area contributed by atoms with Crippen molar-refractivity contribution in [3.05, 3.63) is 75.7 Å². The SMILES string of the molecule is C[C@@H]1CCc2c(sc(NC(=O)C3c4ccccc4Oc4ccccc43)c2C#N)C1. The smallest absolute Gasteiger partial charge is 0.237 e. The van der Waals surface area contributed by atoms with Crippen molar-refractivity contribution in [1.82, 2.24) is 0 Å². The van der Waals surface area contributed by atoms with E-state index >= 15 is 0 Å². The molecule has 5 rings (SSSR count). The minimum Gasteiger partial charge on any atom is -0.457 e. The Morgan fingerprint density at radius 2 is 1.79 bits per heavy atom. The van der Waals surface area contributed by atoms with Crippen LogP contribution < -0.4 is 10.1 Å². The largest absolute Gasteiger partial charge is 0.457 e. The Hall–Kier alpha value is -3.10. The highest BCUT2D eigenvalue weighted by Gasteiger charge is 2.33. The number of anilines is 1. The molecule has 1 atom stereocenters. The number of hydrogen-bond donors (Lipinski definition) is 1. The number of ether oxygens (including phenoxy) is 1. The van der Waals surface area contributed by atoms with E-state index in [0.717, 1.165) is 36.0 Å². The second kappa shape index (κ2) is 7.06. The van der Waals surface area contributed by atoms with Gasteiger partial charge in [0, 0.05) is 16.0 Å². The van der Waals surface area contributed by atoms with Gasteiger partial charge in [-0.25, -0.2) is 0 Å². The van der Waals surface area contributed by atoms with Crippen LogP contribution in [0.3, 0.4) is 0 Å². The van der Waals surface area contributed by atoms with Crippen molar-refractivity contribution in [2.45, 2.75) is 32.1 Å². The van der Waals surface area contributed by atoms with Crippen LogP contribution in [-0.2, 0) is 17.6 Å². The number of carbonyl (C=O) groups is 1. The fraction of sp³-hybridized carbons (Fsp3) is 0.250. The number of amides is 1. The van der Waals surface area contributed by atoms with Crippen LogP contribution in [0.1, 0.15) is 46.4 Å². The molecule has 2 aliphatic rings. The summed E-state index contributed by atoms with van der Waals surface area (Å²) < 4.78 is 6.00. The summed E-state index contributed by atoms with van der Waals surface area (Å²) in [7, 11) is 0. The van der Waals surface area contributed by atoms with Gasteiger partial charge in [-0.05, 0) is 42.9 Å². The molecule has 3 aromatic rings. The molecule has 0 unspecified atom stereocenters. The summed E-state index contributed by atoms with van der Waals surface area (Å²) in [6.45, 7) is 2.24. The number of rotatable bonds is 2. The van der Waals surface area contributed by atoms with Crippen LogP contribution in [-0.4, -0.2) is 5.91 Å². The molecule has 1 amide bonds. The Bertz CT molecular complexity index is 1110. The predicted octanol–water partition coefficient (Wildman–Crippen LogP) is 5.62. The first-order chi connectivity index (χ1) is 14.2. The molecule has 29 heavy (non-hydrogen) atoms. The summed E-state index contributed by atoms with van der Waals surface area (Å²) in [5.74, 6) is 1.42. The van der Waals surface area contributed by atoms with Gasteiger partial charge in [0.15, 0.2) is 0 Å². The Morgan fingerprint density at radius 1 is 1.14 bits per heavy atom. The third kappa shape index (κ3) is 3.01. The quantitative estimate of drug-likeness (QED) is 0.607. The zero-order chi connectivity index (χ0) is 20.0. The molecular formula is C24H20N2O2S. The molecule has 5 heteroatoms. The van der Waals surface area contributed by atoms with Crippen LogP contribution in [0.2, 0.25) is 0 Å². The molecular weight excluding hydrogens is 380 g/mol. The standard InChI is InChI=1S/C24H20N2O2S/c1-14-10-11-15-18(13-25)24(29-21(15)12-14)26-23(27)22-16-6-2-4-8-19(16)28-20-9-5-3-7-17(20)22/h2-9,14,22H,10-12H2,1H3,(H,26,27)/t14-/m1/s1. The van der Waals surface area contributed by atoms with E-state index in [-0.39, 0.29) is 5.91 Å². The molecule has 2 aromatic carbocycles. The second-order valence-electron chi connectivity index (χ2n) is 7.77. The van der Waals surface area contributed by atoms with Gasteiger partial charge in [-0.3, -0.25) is 4.79 Å². The number of hydrogen-bond acceptors (Lipinski definition) is 4.